The molecule has 0 saturated carbocycles. The monoisotopic (exact) mass is 172 g/mol. The van der Waals surface area contributed by atoms with Gasteiger partial charge in [0.05, 0.1) is 5.60 Å². The average Bonchev–Trinajstić information content (AvgIpc) is 2.09. The Bertz CT molecular complexity index is 145. The first-order valence-corrected chi connectivity index (χ1v) is 4.77. The molecule has 72 valence electrons. The number of hydrogen-bond acceptors (Lipinski definition) is 3. The van der Waals surface area contributed by atoms with Crippen LogP contribution in [-0.2, 0) is 0 Å². The van der Waals surface area contributed by atoms with E-state index in [4.69, 9.17) is 5.73 Å². The minimum Gasteiger partial charge on any atom is -0.388 e. The Kier molecular flexibility index (Phi) is 3.09. The second-order valence-corrected chi connectivity index (χ2v) is 3.91. The first kappa shape index (κ1) is 9.96. The van der Waals surface area contributed by atoms with Crippen molar-refractivity contribution in [2.45, 2.75) is 38.3 Å². The zero-order valence-electron chi connectivity index (χ0n) is 8.01. The maximum absolute atomic E-state index is 10.3. The van der Waals surface area contributed by atoms with Gasteiger partial charge in [-0.05, 0) is 38.8 Å². The van der Waals surface area contributed by atoms with Crippen LogP contribution >= 0.6 is 0 Å². The summed E-state index contributed by atoms with van der Waals surface area (Å²) in [5.41, 5.74) is 4.97. The van der Waals surface area contributed by atoms with Crippen molar-refractivity contribution in [2.24, 2.45) is 11.7 Å². The smallest absolute Gasteiger partial charge is 0.0835 e. The van der Waals surface area contributed by atoms with Crippen molar-refractivity contribution >= 4 is 0 Å². The van der Waals surface area contributed by atoms with Gasteiger partial charge in [-0.3, -0.25) is 0 Å². The van der Waals surface area contributed by atoms with Crippen molar-refractivity contribution in [3.63, 3.8) is 0 Å². The van der Waals surface area contributed by atoms with E-state index in [0.29, 0.717) is 6.54 Å². The molecule has 1 fully saturated rings. The lowest BCUT2D eigenvalue weighted by Crippen LogP contribution is -2.58. The normalized spacial score (nSPS) is 39.5. The number of nitrogens with one attached hydrogen (secondary N) is 1. The van der Waals surface area contributed by atoms with Crippen LogP contribution in [0.3, 0.4) is 0 Å². The van der Waals surface area contributed by atoms with Gasteiger partial charge in [0.1, 0.15) is 0 Å². The summed E-state index contributed by atoms with van der Waals surface area (Å²) in [6.07, 6.45) is 1.92. The quantitative estimate of drug-likeness (QED) is 0.553. The largest absolute Gasteiger partial charge is 0.388 e. The molecule has 0 aromatic rings. The molecular formula is C9H20N2O. The SMILES string of the molecule is CC(CN)C1(O)CCCNC1C. The zero-order valence-corrected chi connectivity index (χ0v) is 8.01. The van der Waals surface area contributed by atoms with Gasteiger partial charge in [-0.1, -0.05) is 6.92 Å². The van der Waals surface area contributed by atoms with E-state index >= 15 is 0 Å². The number of nitrogens with two attached hydrogens (primary N) is 1. The summed E-state index contributed by atoms with van der Waals surface area (Å²) in [7, 11) is 0. The summed E-state index contributed by atoms with van der Waals surface area (Å²) >= 11 is 0. The van der Waals surface area contributed by atoms with Gasteiger partial charge in [-0.25, -0.2) is 0 Å². The summed E-state index contributed by atoms with van der Waals surface area (Å²) in [4.78, 5) is 0. The van der Waals surface area contributed by atoms with Gasteiger partial charge in [0, 0.05) is 6.04 Å². The van der Waals surface area contributed by atoms with Crippen LogP contribution in [0, 0.1) is 5.92 Å². The number of piperidine rings is 1. The van der Waals surface area contributed by atoms with Crippen molar-refractivity contribution in [3.05, 3.63) is 0 Å². The summed E-state index contributed by atoms with van der Waals surface area (Å²) in [6.45, 7) is 5.62. The van der Waals surface area contributed by atoms with Gasteiger partial charge < -0.3 is 16.2 Å². The maximum atomic E-state index is 10.3. The van der Waals surface area contributed by atoms with Crippen LogP contribution in [0.25, 0.3) is 0 Å². The van der Waals surface area contributed by atoms with E-state index in [1.54, 1.807) is 0 Å². The molecule has 1 aliphatic rings. The Labute approximate surface area is 74.3 Å². The molecule has 0 spiro atoms. The Morgan fingerprint density at radius 2 is 2.42 bits per heavy atom. The first-order chi connectivity index (χ1) is 5.61. The van der Waals surface area contributed by atoms with Gasteiger partial charge in [0.2, 0.25) is 0 Å². The Morgan fingerprint density at radius 1 is 1.75 bits per heavy atom. The van der Waals surface area contributed by atoms with Crippen LogP contribution < -0.4 is 11.1 Å². The van der Waals surface area contributed by atoms with Crippen LogP contribution in [0.5, 0.6) is 0 Å². The van der Waals surface area contributed by atoms with E-state index in [0.717, 1.165) is 19.4 Å². The van der Waals surface area contributed by atoms with E-state index < -0.39 is 5.60 Å². The second-order valence-electron chi connectivity index (χ2n) is 3.91. The fraction of sp³-hybridized carbons (Fsp3) is 1.00. The van der Waals surface area contributed by atoms with Gasteiger partial charge in [-0.15, -0.1) is 0 Å². The van der Waals surface area contributed by atoms with Gasteiger partial charge in [0.25, 0.3) is 0 Å². The second kappa shape index (κ2) is 3.73. The molecule has 3 nitrogen and oxygen atoms in total. The van der Waals surface area contributed by atoms with Gasteiger partial charge in [-0.2, -0.15) is 0 Å². The van der Waals surface area contributed by atoms with Crippen LogP contribution in [0.1, 0.15) is 26.7 Å². The highest BCUT2D eigenvalue weighted by Gasteiger charge is 2.39. The molecule has 0 aromatic carbocycles. The Morgan fingerprint density at radius 3 is 2.92 bits per heavy atom. The molecule has 3 atom stereocenters. The Hall–Kier alpha value is -0.120. The molecule has 1 aliphatic heterocycles. The van der Waals surface area contributed by atoms with Crippen molar-refractivity contribution in [1.29, 1.82) is 0 Å². The molecule has 0 radical (unpaired) electrons. The third kappa shape index (κ3) is 1.63. The number of aliphatic hydroxyl groups is 1. The lowest BCUT2D eigenvalue weighted by Gasteiger charge is -2.42. The van der Waals surface area contributed by atoms with E-state index in [1.807, 2.05) is 13.8 Å². The van der Waals surface area contributed by atoms with E-state index in [1.165, 1.54) is 0 Å². The van der Waals surface area contributed by atoms with Crippen molar-refractivity contribution in [2.75, 3.05) is 13.1 Å². The molecule has 1 rings (SSSR count). The maximum Gasteiger partial charge on any atom is 0.0835 e. The Balaban J connectivity index is 2.65. The van der Waals surface area contributed by atoms with E-state index in [2.05, 4.69) is 5.32 Å². The fourth-order valence-electron chi connectivity index (χ4n) is 1.96. The van der Waals surface area contributed by atoms with Crippen LogP contribution in [0.4, 0.5) is 0 Å². The molecule has 1 saturated heterocycles. The van der Waals surface area contributed by atoms with Crippen molar-refractivity contribution in [3.8, 4) is 0 Å². The lowest BCUT2D eigenvalue weighted by molar-refractivity contribution is -0.0587. The van der Waals surface area contributed by atoms with Crippen LogP contribution in [0.2, 0.25) is 0 Å². The van der Waals surface area contributed by atoms with Crippen molar-refractivity contribution < 1.29 is 5.11 Å². The predicted octanol–water partition coefficient (Wildman–Crippen LogP) is 0.0842. The third-order valence-electron chi connectivity index (χ3n) is 3.16. The van der Waals surface area contributed by atoms with Crippen LogP contribution in [-0.4, -0.2) is 29.8 Å². The standard InChI is InChI=1S/C9H20N2O/c1-7(6-10)9(12)4-3-5-11-8(9)2/h7-8,11-12H,3-6,10H2,1-2H3. The van der Waals surface area contributed by atoms with Gasteiger partial charge >= 0.3 is 0 Å². The molecule has 0 amide bonds. The zero-order chi connectivity index (χ0) is 9.19. The lowest BCUT2D eigenvalue weighted by atomic mass is 9.77. The molecule has 0 aromatic heterocycles. The highest BCUT2D eigenvalue weighted by molar-refractivity contribution is 4.96. The summed E-state index contributed by atoms with van der Waals surface area (Å²) in [5.74, 6) is 0.181. The number of hydrogen-bond donors (Lipinski definition) is 3. The minimum absolute atomic E-state index is 0.171. The van der Waals surface area contributed by atoms with E-state index in [9.17, 15) is 5.11 Å². The third-order valence-corrected chi connectivity index (χ3v) is 3.16. The molecule has 0 aliphatic carbocycles. The van der Waals surface area contributed by atoms with Gasteiger partial charge in [0.15, 0.2) is 0 Å². The summed E-state index contributed by atoms with van der Waals surface area (Å²) < 4.78 is 0. The molecule has 1 heterocycles. The molecular weight excluding hydrogens is 152 g/mol. The molecule has 0 bridgehead atoms. The molecule has 4 N–H and O–H groups in total. The summed E-state index contributed by atoms with van der Waals surface area (Å²) in [6, 6.07) is 0.171. The highest BCUT2D eigenvalue weighted by Crippen LogP contribution is 2.28. The van der Waals surface area contributed by atoms with E-state index in [-0.39, 0.29) is 12.0 Å². The molecule has 3 unspecified atom stereocenters. The highest BCUT2D eigenvalue weighted by atomic mass is 16.3. The van der Waals surface area contributed by atoms with Crippen LogP contribution in [0.15, 0.2) is 0 Å². The minimum atomic E-state index is -0.590. The first-order valence-electron chi connectivity index (χ1n) is 4.77. The fourth-order valence-corrected chi connectivity index (χ4v) is 1.96. The average molecular weight is 172 g/mol. The van der Waals surface area contributed by atoms with Crippen molar-refractivity contribution in [1.82, 2.24) is 5.32 Å². The molecule has 3 heteroatoms. The molecule has 12 heavy (non-hydrogen) atoms. The summed E-state index contributed by atoms with van der Waals surface area (Å²) in [5, 5.41) is 13.5. The topological polar surface area (TPSA) is 58.3 Å². The number of rotatable bonds is 2. The predicted molar refractivity (Wildman–Crippen MR) is 49.9 cm³/mol.